The van der Waals surface area contributed by atoms with Gasteiger partial charge in [-0.15, -0.1) is 5.06 Å². The van der Waals surface area contributed by atoms with E-state index in [-0.39, 0.29) is 25.7 Å². The quantitative estimate of drug-likeness (QED) is 0.529. The monoisotopic (exact) mass is 243 g/mol. The molecule has 1 saturated heterocycles. The Bertz CT molecular complexity index is 335. The zero-order chi connectivity index (χ0) is 12.8. The van der Waals surface area contributed by atoms with Gasteiger partial charge in [0.2, 0.25) is 0 Å². The number of aliphatic carboxylic acids is 1. The predicted octanol–water partition coefficient (Wildman–Crippen LogP) is 0.239. The van der Waals surface area contributed by atoms with Gasteiger partial charge < -0.3 is 9.94 Å². The van der Waals surface area contributed by atoms with Crippen molar-refractivity contribution in [1.29, 1.82) is 0 Å². The second-order valence-corrected chi connectivity index (χ2v) is 3.65. The summed E-state index contributed by atoms with van der Waals surface area (Å²) in [4.78, 5) is 48.2. The fraction of sp³-hybridized carbons (Fsp3) is 0.600. The van der Waals surface area contributed by atoms with E-state index in [1.807, 2.05) is 0 Å². The number of carboxylic acids is 1. The molecule has 1 heterocycles. The van der Waals surface area contributed by atoms with Gasteiger partial charge in [0.1, 0.15) is 0 Å². The summed E-state index contributed by atoms with van der Waals surface area (Å²) in [5.74, 6) is -2.66. The van der Waals surface area contributed by atoms with E-state index >= 15 is 0 Å². The van der Waals surface area contributed by atoms with Crippen molar-refractivity contribution in [2.45, 2.75) is 38.5 Å². The van der Waals surface area contributed by atoms with Crippen molar-refractivity contribution < 1.29 is 29.1 Å². The van der Waals surface area contributed by atoms with E-state index in [2.05, 4.69) is 4.84 Å². The van der Waals surface area contributed by atoms with E-state index in [0.29, 0.717) is 17.9 Å². The van der Waals surface area contributed by atoms with Crippen LogP contribution in [0.1, 0.15) is 38.5 Å². The van der Waals surface area contributed by atoms with Crippen LogP contribution in [0.25, 0.3) is 0 Å². The standard InChI is InChI=1S/C10H13NO6/c12-7-5-6-8(13)11(7)17-10(16)4-2-1-3-9(14)15/h1-6H2,(H,14,15). The topological polar surface area (TPSA) is 101 Å². The number of hydroxylamine groups is 2. The Balaban J connectivity index is 2.23. The number of carboxylic acid groups (broad SMARTS) is 1. The largest absolute Gasteiger partial charge is 0.481 e. The molecule has 0 aromatic carbocycles. The van der Waals surface area contributed by atoms with Crippen molar-refractivity contribution in [3.63, 3.8) is 0 Å². The van der Waals surface area contributed by atoms with Crippen LogP contribution in [0.5, 0.6) is 0 Å². The van der Waals surface area contributed by atoms with Crippen LogP contribution < -0.4 is 0 Å². The van der Waals surface area contributed by atoms with E-state index in [1.54, 1.807) is 0 Å². The van der Waals surface area contributed by atoms with Gasteiger partial charge in [0.15, 0.2) is 0 Å². The fourth-order valence-electron chi connectivity index (χ4n) is 1.35. The highest BCUT2D eigenvalue weighted by atomic mass is 16.7. The molecular formula is C10H13NO6. The number of imide groups is 1. The lowest BCUT2D eigenvalue weighted by atomic mass is 10.2. The molecule has 94 valence electrons. The highest BCUT2D eigenvalue weighted by Crippen LogP contribution is 2.13. The lowest BCUT2D eigenvalue weighted by Gasteiger charge is -2.12. The maximum atomic E-state index is 11.2. The van der Waals surface area contributed by atoms with Crippen molar-refractivity contribution in [2.75, 3.05) is 0 Å². The van der Waals surface area contributed by atoms with Gasteiger partial charge in [-0.05, 0) is 12.8 Å². The van der Waals surface area contributed by atoms with Crippen LogP contribution in [0.2, 0.25) is 0 Å². The number of hydrogen-bond donors (Lipinski definition) is 1. The smallest absolute Gasteiger partial charge is 0.333 e. The highest BCUT2D eigenvalue weighted by Gasteiger charge is 2.32. The molecule has 0 atom stereocenters. The van der Waals surface area contributed by atoms with Gasteiger partial charge >= 0.3 is 11.9 Å². The molecule has 0 radical (unpaired) electrons. The van der Waals surface area contributed by atoms with Crippen molar-refractivity contribution in [2.24, 2.45) is 0 Å². The van der Waals surface area contributed by atoms with Crippen molar-refractivity contribution in [1.82, 2.24) is 5.06 Å². The number of hydrogen-bond acceptors (Lipinski definition) is 5. The molecule has 7 heteroatoms. The first-order valence-corrected chi connectivity index (χ1v) is 5.29. The van der Waals surface area contributed by atoms with Gasteiger partial charge in [0, 0.05) is 25.7 Å². The predicted molar refractivity (Wildman–Crippen MR) is 53.3 cm³/mol. The highest BCUT2D eigenvalue weighted by molar-refractivity contribution is 6.01. The molecule has 1 aliphatic rings. The van der Waals surface area contributed by atoms with Gasteiger partial charge in [0.25, 0.3) is 11.8 Å². The summed E-state index contributed by atoms with van der Waals surface area (Å²) in [6.07, 6.45) is 0.795. The molecule has 0 saturated carbocycles. The van der Waals surface area contributed by atoms with Crippen LogP contribution in [0.15, 0.2) is 0 Å². The molecule has 0 aromatic rings. The Hall–Kier alpha value is -1.92. The van der Waals surface area contributed by atoms with Gasteiger partial charge in [0.05, 0.1) is 0 Å². The maximum absolute atomic E-state index is 11.2. The lowest BCUT2D eigenvalue weighted by molar-refractivity contribution is -0.197. The van der Waals surface area contributed by atoms with E-state index in [9.17, 15) is 19.2 Å². The summed E-state index contributed by atoms with van der Waals surface area (Å²) in [7, 11) is 0. The molecular weight excluding hydrogens is 230 g/mol. The molecule has 1 rings (SSSR count). The Morgan fingerprint density at radius 2 is 1.65 bits per heavy atom. The lowest BCUT2D eigenvalue weighted by Crippen LogP contribution is -2.31. The SMILES string of the molecule is O=C(O)CCCCC(=O)ON1C(=O)CCC1=O. The Morgan fingerprint density at radius 3 is 2.18 bits per heavy atom. The van der Waals surface area contributed by atoms with E-state index in [0.717, 1.165) is 0 Å². The molecule has 0 unspecified atom stereocenters. The number of amides is 2. The van der Waals surface area contributed by atoms with Gasteiger partial charge in [-0.1, -0.05) is 0 Å². The first kappa shape index (κ1) is 13.1. The third-order valence-electron chi connectivity index (χ3n) is 2.22. The molecule has 1 N–H and O–H groups in total. The zero-order valence-electron chi connectivity index (χ0n) is 9.18. The van der Waals surface area contributed by atoms with Gasteiger partial charge in [-0.2, -0.15) is 0 Å². The number of carbonyl (C=O) groups excluding carboxylic acids is 3. The average molecular weight is 243 g/mol. The molecule has 2 amide bonds. The summed E-state index contributed by atoms with van der Waals surface area (Å²) in [6, 6.07) is 0. The molecule has 0 spiro atoms. The second kappa shape index (κ2) is 5.97. The van der Waals surface area contributed by atoms with Crippen molar-refractivity contribution in [3.05, 3.63) is 0 Å². The Morgan fingerprint density at radius 1 is 1.12 bits per heavy atom. The van der Waals surface area contributed by atoms with Gasteiger partial charge in [-0.3, -0.25) is 14.4 Å². The molecule has 0 aromatic heterocycles. The zero-order valence-corrected chi connectivity index (χ0v) is 9.18. The fourth-order valence-corrected chi connectivity index (χ4v) is 1.35. The first-order valence-electron chi connectivity index (χ1n) is 5.29. The number of nitrogens with zero attached hydrogens (tertiary/aromatic N) is 1. The Labute approximate surface area is 97.3 Å². The van der Waals surface area contributed by atoms with Crippen LogP contribution in [0.4, 0.5) is 0 Å². The second-order valence-electron chi connectivity index (χ2n) is 3.65. The van der Waals surface area contributed by atoms with E-state index in [1.165, 1.54) is 0 Å². The summed E-state index contributed by atoms with van der Waals surface area (Å²) in [5.41, 5.74) is 0. The molecule has 0 bridgehead atoms. The molecule has 0 aliphatic carbocycles. The van der Waals surface area contributed by atoms with Crippen LogP contribution in [0, 0.1) is 0 Å². The normalized spacial score (nSPS) is 15.2. The number of carbonyl (C=O) groups is 4. The van der Waals surface area contributed by atoms with E-state index < -0.39 is 23.8 Å². The minimum atomic E-state index is -0.928. The van der Waals surface area contributed by atoms with Crippen LogP contribution in [0.3, 0.4) is 0 Å². The summed E-state index contributed by atoms with van der Waals surface area (Å²) < 4.78 is 0. The third-order valence-corrected chi connectivity index (χ3v) is 2.22. The maximum Gasteiger partial charge on any atom is 0.333 e. The minimum absolute atomic E-state index is 0.00958. The van der Waals surface area contributed by atoms with Crippen LogP contribution >= 0.6 is 0 Å². The molecule has 1 aliphatic heterocycles. The summed E-state index contributed by atoms with van der Waals surface area (Å²) >= 11 is 0. The van der Waals surface area contributed by atoms with Crippen LogP contribution in [-0.4, -0.2) is 33.9 Å². The van der Waals surface area contributed by atoms with E-state index in [4.69, 9.17) is 5.11 Å². The summed E-state index contributed by atoms with van der Waals surface area (Å²) in [6.45, 7) is 0. The summed E-state index contributed by atoms with van der Waals surface area (Å²) in [5, 5.41) is 8.85. The average Bonchev–Trinajstić information content (AvgIpc) is 2.56. The third kappa shape index (κ3) is 4.21. The Kier molecular flexibility index (Phi) is 4.62. The van der Waals surface area contributed by atoms with Gasteiger partial charge in [-0.25, -0.2) is 4.79 Å². The number of rotatable bonds is 6. The van der Waals surface area contributed by atoms with Crippen molar-refractivity contribution in [3.8, 4) is 0 Å². The van der Waals surface area contributed by atoms with Crippen molar-refractivity contribution >= 4 is 23.8 Å². The minimum Gasteiger partial charge on any atom is -0.481 e. The van der Waals surface area contributed by atoms with Crippen LogP contribution in [-0.2, 0) is 24.0 Å². The number of unbranched alkanes of at least 4 members (excludes halogenated alkanes) is 1. The first-order chi connectivity index (χ1) is 8.00. The molecule has 17 heavy (non-hydrogen) atoms. The molecule has 1 fully saturated rings. The molecule has 7 nitrogen and oxygen atoms in total.